The fourth-order valence-electron chi connectivity index (χ4n) is 2.60. The van der Waals surface area contributed by atoms with Crippen LogP contribution >= 0.6 is 11.6 Å². The van der Waals surface area contributed by atoms with Gasteiger partial charge in [0, 0.05) is 16.1 Å². The van der Waals surface area contributed by atoms with Gasteiger partial charge in [-0.3, -0.25) is 0 Å². The average Bonchev–Trinajstić information content (AvgIpc) is 2.69. The Labute approximate surface area is 155 Å². The van der Waals surface area contributed by atoms with Crippen LogP contribution < -0.4 is 0 Å². The van der Waals surface area contributed by atoms with Crippen LogP contribution in [0.1, 0.15) is 0 Å². The highest BCUT2D eigenvalue weighted by molar-refractivity contribution is 6.30. The van der Waals surface area contributed by atoms with Gasteiger partial charge in [-0.1, -0.05) is 72.3 Å². The van der Waals surface area contributed by atoms with Crippen molar-refractivity contribution in [3.8, 4) is 34.2 Å². The molecule has 26 heavy (non-hydrogen) atoms. The smallest absolute Gasteiger partial charge is 0.167 e. The average molecular weight is 362 g/mol. The Kier molecular flexibility index (Phi) is 4.42. The summed E-state index contributed by atoms with van der Waals surface area (Å²) in [6.45, 7) is 0. The van der Waals surface area contributed by atoms with Gasteiger partial charge in [-0.2, -0.15) is 0 Å². The predicted octanol–water partition coefficient (Wildman–Crippen LogP) is 5.67. The molecule has 0 amide bonds. The van der Waals surface area contributed by atoms with Crippen LogP contribution in [-0.2, 0) is 0 Å². The van der Waals surface area contributed by atoms with E-state index in [-0.39, 0.29) is 11.4 Å². The summed E-state index contributed by atoms with van der Waals surface area (Å²) in [4.78, 5) is 13.5. The SMILES string of the molecule is Fc1cc(Cl)ccc1-c1nc(-c2ccccc2)nc(-c2ccccc2)n1. The standard InChI is InChI=1S/C21H13ClFN3/c22-16-11-12-17(18(23)13-16)21-25-19(14-7-3-1-4-8-14)24-20(26-21)15-9-5-2-6-10-15/h1-13H. The molecule has 0 aliphatic carbocycles. The van der Waals surface area contributed by atoms with E-state index in [2.05, 4.69) is 15.0 Å². The van der Waals surface area contributed by atoms with Gasteiger partial charge >= 0.3 is 0 Å². The molecule has 0 unspecified atom stereocenters. The number of hydrogen-bond donors (Lipinski definition) is 0. The molecule has 1 heterocycles. The molecule has 0 aliphatic heterocycles. The molecule has 0 N–H and O–H groups in total. The molecular formula is C21H13ClFN3. The quantitative estimate of drug-likeness (QED) is 0.472. The Hall–Kier alpha value is -3.11. The molecule has 4 rings (SSSR count). The molecule has 0 fully saturated rings. The zero-order valence-electron chi connectivity index (χ0n) is 13.6. The van der Waals surface area contributed by atoms with Crippen molar-refractivity contribution in [2.75, 3.05) is 0 Å². The van der Waals surface area contributed by atoms with Crippen LogP contribution in [0.2, 0.25) is 5.02 Å². The van der Waals surface area contributed by atoms with Gasteiger partial charge in [0.05, 0.1) is 5.56 Å². The van der Waals surface area contributed by atoms with Crippen molar-refractivity contribution in [3.05, 3.63) is 89.7 Å². The predicted molar refractivity (Wildman–Crippen MR) is 101 cm³/mol. The summed E-state index contributed by atoms with van der Waals surface area (Å²) in [5.74, 6) is 0.779. The van der Waals surface area contributed by atoms with Gasteiger partial charge in [0.2, 0.25) is 0 Å². The molecule has 0 saturated heterocycles. The van der Waals surface area contributed by atoms with E-state index >= 15 is 0 Å². The molecule has 5 heteroatoms. The van der Waals surface area contributed by atoms with Crippen LogP contribution in [0.5, 0.6) is 0 Å². The summed E-state index contributed by atoms with van der Waals surface area (Å²) in [5, 5.41) is 0.326. The van der Waals surface area contributed by atoms with Crippen molar-refractivity contribution in [1.29, 1.82) is 0 Å². The molecule has 4 aromatic rings. The first kappa shape index (κ1) is 16.4. The van der Waals surface area contributed by atoms with Crippen molar-refractivity contribution in [3.63, 3.8) is 0 Å². The lowest BCUT2D eigenvalue weighted by atomic mass is 10.1. The number of benzene rings is 3. The highest BCUT2D eigenvalue weighted by Crippen LogP contribution is 2.27. The highest BCUT2D eigenvalue weighted by atomic mass is 35.5. The minimum Gasteiger partial charge on any atom is -0.208 e. The van der Waals surface area contributed by atoms with Crippen molar-refractivity contribution in [1.82, 2.24) is 15.0 Å². The Bertz CT molecular complexity index is 996. The molecule has 0 radical (unpaired) electrons. The van der Waals surface area contributed by atoms with E-state index in [4.69, 9.17) is 11.6 Å². The first-order valence-corrected chi connectivity index (χ1v) is 8.41. The third kappa shape index (κ3) is 3.32. The fourth-order valence-corrected chi connectivity index (χ4v) is 2.76. The largest absolute Gasteiger partial charge is 0.208 e. The summed E-state index contributed by atoms with van der Waals surface area (Å²) < 4.78 is 14.4. The number of halogens is 2. The van der Waals surface area contributed by atoms with E-state index in [1.165, 1.54) is 6.07 Å². The van der Waals surface area contributed by atoms with E-state index in [9.17, 15) is 4.39 Å². The van der Waals surface area contributed by atoms with Crippen LogP contribution in [0.3, 0.4) is 0 Å². The minimum atomic E-state index is -0.471. The Balaban J connectivity index is 1.94. The normalized spacial score (nSPS) is 10.7. The number of nitrogens with zero attached hydrogens (tertiary/aromatic N) is 3. The topological polar surface area (TPSA) is 38.7 Å². The van der Waals surface area contributed by atoms with Gasteiger partial charge in [0.15, 0.2) is 17.5 Å². The third-order valence-electron chi connectivity index (χ3n) is 3.87. The maximum absolute atomic E-state index is 14.4. The van der Waals surface area contributed by atoms with Gasteiger partial charge in [0.25, 0.3) is 0 Å². The summed E-state index contributed by atoms with van der Waals surface area (Å²) in [6.07, 6.45) is 0. The Morgan fingerprint density at radius 3 is 1.62 bits per heavy atom. The van der Waals surface area contributed by atoms with Crippen LogP contribution in [0.15, 0.2) is 78.9 Å². The first-order valence-electron chi connectivity index (χ1n) is 8.03. The van der Waals surface area contributed by atoms with Crippen molar-refractivity contribution in [2.45, 2.75) is 0 Å². The Morgan fingerprint density at radius 1 is 0.615 bits per heavy atom. The first-order chi connectivity index (χ1) is 12.7. The summed E-state index contributed by atoms with van der Waals surface area (Å²) in [5.41, 5.74) is 1.96. The lowest BCUT2D eigenvalue weighted by Crippen LogP contribution is -2.01. The maximum Gasteiger partial charge on any atom is 0.167 e. The molecule has 1 aromatic heterocycles. The van der Waals surface area contributed by atoms with Crippen molar-refractivity contribution < 1.29 is 4.39 Å². The Morgan fingerprint density at radius 2 is 1.12 bits per heavy atom. The van der Waals surface area contributed by atoms with E-state index in [1.807, 2.05) is 60.7 Å². The zero-order chi connectivity index (χ0) is 17.9. The van der Waals surface area contributed by atoms with Gasteiger partial charge in [0.1, 0.15) is 5.82 Å². The molecule has 126 valence electrons. The fraction of sp³-hybridized carbons (Fsp3) is 0. The second-order valence-corrected chi connectivity index (χ2v) is 6.10. The van der Waals surface area contributed by atoms with Gasteiger partial charge < -0.3 is 0 Å². The maximum atomic E-state index is 14.4. The monoisotopic (exact) mass is 361 g/mol. The van der Waals surface area contributed by atoms with Gasteiger partial charge in [-0.05, 0) is 18.2 Å². The molecule has 3 aromatic carbocycles. The molecule has 0 spiro atoms. The molecule has 0 atom stereocenters. The van der Waals surface area contributed by atoms with Crippen LogP contribution in [-0.4, -0.2) is 15.0 Å². The van der Waals surface area contributed by atoms with Crippen LogP contribution in [0.25, 0.3) is 34.2 Å². The molecule has 3 nitrogen and oxygen atoms in total. The summed E-state index contributed by atoms with van der Waals surface area (Å²) in [6, 6.07) is 23.6. The minimum absolute atomic E-state index is 0.270. The van der Waals surface area contributed by atoms with Crippen molar-refractivity contribution >= 4 is 11.6 Å². The molecule has 0 aliphatic rings. The van der Waals surface area contributed by atoms with Crippen LogP contribution in [0.4, 0.5) is 4.39 Å². The number of rotatable bonds is 3. The second-order valence-electron chi connectivity index (χ2n) is 5.66. The molecular weight excluding hydrogens is 349 g/mol. The molecule has 0 bridgehead atoms. The number of hydrogen-bond acceptors (Lipinski definition) is 3. The zero-order valence-corrected chi connectivity index (χ0v) is 14.4. The third-order valence-corrected chi connectivity index (χ3v) is 4.11. The van der Waals surface area contributed by atoms with E-state index in [1.54, 1.807) is 12.1 Å². The van der Waals surface area contributed by atoms with Crippen LogP contribution in [0, 0.1) is 5.82 Å². The van der Waals surface area contributed by atoms with E-state index < -0.39 is 5.82 Å². The van der Waals surface area contributed by atoms with Crippen molar-refractivity contribution in [2.24, 2.45) is 0 Å². The lowest BCUT2D eigenvalue weighted by molar-refractivity contribution is 0.630. The lowest BCUT2D eigenvalue weighted by Gasteiger charge is -2.09. The second kappa shape index (κ2) is 7.02. The van der Waals surface area contributed by atoms with Gasteiger partial charge in [-0.25, -0.2) is 19.3 Å². The summed E-state index contributed by atoms with van der Waals surface area (Å²) in [7, 11) is 0. The molecule has 0 saturated carbocycles. The number of aromatic nitrogens is 3. The summed E-state index contributed by atoms with van der Waals surface area (Å²) >= 11 is 5.87. The van der Waals surface area contributed by atoms with E-state index in [0.29, 0.717) is 16.7 Å². The highest BCUT2D eigenvalue weighted by Gasteiger charge is 2.14. The van der Waals surface area contributed by atoms with E-state index in [0.717, 1.165) is 11.1 Å². The van der Waals surface area contributed by atoms with Gasteiger partial charge in [-0.15, -0.1) is 0 Å².